The summed E-state index contributed by atoms with van der Waals surface area (Å²) >= 11 is 5.26. The second-order valence-corrected chi connectivity index (χ2v) is 6.40. The summed E-state index contributed by atoms with van der Waals surface area (Å²) in [4.78, 5) is 2.39. The maximum Gasteiger partial charge on any atom is 0.0629 e. The number of hydrogen-bond acceptors (Lipinski definition) is 4. The van der Waals surface area contributed by atoms with E-state index in [1.54, 1.807) is 18.9 Å². The Labute approximate surface area is 132 Å². The lowest BCUT2D eigenvalue weighted by Gasteiger charge is -2.10. The molecule has 0 atom stereocenters. The first-order valence-electron chi connectivity index (χ1n) is 6.33. The van der Waals surface area contributed by atoms with Crippen LogP contribution in [-0.2, 0) is 18.3 Å². The fraction of sp³-hybridized carbons (Fsp3) is 0.357. The Hall–Kier alpha value is -0.820. The highest BCUT2D eigenvalue weighted by molar-refractivity contribution is 9.10. The highest BCUT2D eigenvalue weighted by Gasteiger charge is 2.06. The molecule has 6 heteroatoms. The van der Waals surface area contributed by atoms with E-state index in [1.807, 2.05) is 24.1 Å². The first kappa shape index (κ1) is 15.6. The van der Waals surface area contributed by atoms with E-state index in [0.29, 0.717) is 0 Å². The normalized spacial score (nSPS) is 10.9. The van der Waals surface area contributed by atoms with E-state index in [0.717, 1.165) is 29.1 Å². The molecule has 1 aromatic carbocycles. The summed E-state index contributed by atoms with van der Waals surface area (Å²) in [6.07, 6.45) is 3.91. The van der Waals surface area contributed by atoms with Gasteiger partial charge < -0.3 is 10.1 Å². The first-order valence-corrected chi connectivity index (χ1v) is 7.94. The number of nitrogens with zero attached hydrogens (tertiary/aromatic N) is 2. The van der Waals surface area contributed by atoms with Crippen LogP contribution in [0.25, 0.3) is 0 Å². The number of halogens is 1. The molecule has 4 nitrogen and oxygen atoms in total. The smallest absolute Gasteiger partial charge is 0.0629 e. The highest BCUT2D eigenvalue weighted by atomic mass is 79.9. The fourth-order valence-corrected chi connectivity index (χ4v) is 3.13. The predicted octanol–water partition coefficient (Wildman–Crippen LogP) is 3.07. The number of nitrogens with one attached hydrogen (secondary N) is 1. The Bertz CT molecular complexity index is 559. The molecule has 1 N–H and O–H groups in total. The molecule has 2 rings (SSSR count). The van der Waals surface area contributed by atoms with Crippen molar-refractivity contribution in [1.82, 2.24) is 15.1 Å². The second-order valence-electron chi connectivity index (χ2n) is 4.37. The SMILES string of the molecule is COCCNCc1cc(Br)ccc1Sc1cnn(C)c1. The molecule has 0 aliphatic carbocycles. The Morgan fingerprint density at radius 2 is 2.30 bits per heavy atom. The van der Waals surface area contributed by atoms with E-state index in [1.165, 1.54) is 10.5 Å². The summed E-state index contributed by atoms with van der Waals surface area (Å²) in [5.41, 5.74) is 1.27. The largest absolute Gasteiger partial charge is 0.383 e. The van der Waals surface area contributed by atoms with Crippen molar-refractivity contribution < 1.29 is 4.74 Å². The van der Waals surface area contributed by atoms with Gasteiger partial charge in [0, 0.05) is 42.8 Å². The Balaban J connectivity index is 2.06. The third-order valence-corrected chi connectivity index (χ3v) is 4.29. The molecule has 0 unspecified atom stereocenters. The van der Waals surface area contributed by atoms with E-state index in [-0.39, 0.29) is 0 Å². The molecule has 0 aliphatic heterocycles. The van der Waals surface area contributed by atoms with E-state index in [4.69, 9.17) is 4.74 Å². The molecule has 0 bridgehead atoms. The van der Waals surface area contributed by atoms with Crippen LogP contribution < -0.4 is 5.32 Å². The molecule has 1 aromatic heterocycles. The number of benzene rings is 1. The maximum atomic E-state index is 5.04. The quantitative estimate of drug-likeness (QED) is 0.774. The van der Waals surface area contributed by atoms with Crippen LogP contribution in [0.15, 0.2) is 44.9 Å². The van der Waals surface area contributed by atoms with E-state index in [2.05, 4.69) is 44.5 Å². The zero-order valence-electron chi connectivity index (χ0n) is 11.6. The van der Waals surface area contributed by atoms with Crippen LogP contribution in [0, 0.1) is 0 Å². The standard InChI is InChI=1S/C14H18BrN3OS/c1-18-10-13(9-17-18)20-14-4-3-12(15)7-11(14)8-16-5-6-19-2/h3-4,7,9-10,16H,5-6,8H2,1-2H3. The minimum Gasteiger partial charge on any atom is -0.383 e. The van der Waals surface area contributed by atoms with Gasteiger partial charge >= 0.3 is 0 Å². The van der Waals surface area contributed by atoms with Crippen LogP contribution >= 0.6 is 27.7 Å². The molecular formula is C14H18BrN3OS. The van der Waals surface area contributed by atoms with Gasteiger partial charge in [0.15, 0.2) is 0 Å². The van der Waals surface area contributed by atoms with Crippen molar-refractivity contribution in [2.75, 3.05) is 20.3 Å². The topological polar surface area (TPSA) is 39.1 Å². The summed E-state index contributed by atoms with van der Waals surface area (Å²) in [6.45, 7) is 2.39. The minimum atomic E-state index is 0.721. The number of rotatable bonds is 7. The van der Waals surface area contributed by atoms with Crippen molar-refractivity contribution in [2.24, 2.45) is 7.05 Å². The van der Waals surface area contributed by atoms with Crippen LogP contribution in [0.5, 0.6) is 0 Å². The lowest BCUT2D eigenvalue weighted by Crippen LogP contribution is -2.18. The van der Waals surface area contributed by atoms with Gasteiger partial charge in [-0.1, -0.05) is 27.7 Å². The van der Waals surface area contributed by atoms with E-state index < -0.39 is 0 Å². The lowest BCUT2D eigenvalue weighted by atomic mass is 10.2. The highest BCUT2D eigenvalue weighted by Crippen LogP contribution is 2.31. The van der Waals surface area contributed by atoms with Gasteiger partial charge in [-0.05, 0) is 23.8 Å². The van der Waals surface area contributed by atoms with E-state index >= 15 is 0 Å². The van der Waals surface area contributed by atoms with Crippen molar-refractivity contribution in [3.05, 3.63) is 40.6 Å². The zero-order valence-corrected chi connectivity index (χ0v) is 14.0. The van der Waals surface area contributed by atoms with Crippen LogP contribution in [0.4, 0.5) is 0 Å². The van der Waals surface area contributed by atoms with Gasteiger partial charge in [-0.3, -0.25) is 4.68 Å². The molecule has 0 amide bonds. The van der Waals surface area contributed by atoms with Crippen LogP contribution in [0.3, 0.4) is 0 Å². The van der Waals surface area contributed by atoms with Crippen LogP contribution in [0.1, 0.15) is 5.56 Å². The number of methoxy groups -OCH3 is 1. The van der Waals surface area contributed by atoms with Gasteiger partial charge in [0.25, 0.3) is 0 Å². The van der Waals surface area contributed by atoms with Gasteiger partial charge in [0.2, 0.25) is 0 Å². The summed E-state index contributed by atoms with van der Waals surface area (Å²) in [5.74, 6) is 0. The number of aromatic nitrogens is 2. The molecular weight excluding hydrogens is 338 g/mol. The average molecular weight is 356 g/mol. The monoisotopic (exact) mass is 355 g/mol. The summed E-state index contributed by atoms with van der Waals surface area (Å²) < 4.78 is 7.96. The zero-order chi connectivity index (χ0) is 14.4. The Morgan fingerprint density at radius 1 is 1.45 bits per heavy atom. The molecule has 0 saturated heterocycles. The van der Waals surface area contributed by atoms with Gasteiger partial charge in [-0.2, -0.15) is 5.10 Å². The van der Waals surface area contributed by atoms with Crippen LogP contribution in [-0.4, -0.2) is 30.0 Å². The molecule has 1 heterocycles. The second kappa shape index (κ2) is 7.83. The van der Waals surface area contributed by atoms with Crippen molar-refractivity contribution in [3.63, 3.8) is 0 Å². The number of ether oxygens (including phenoxy) is 1. The molecule has 0 aliphatic rings. The van der Waals surface area contributed by atoms with Gasteiger partial charge in [-0.15, -0.1) is 0 Å². The molecule has 0 spiro atoms. The van der Waals surface area contributed by atoms with Crippen LogP contribution in [0.2, 0.25) is 0 Å². The molecule has 108 valence electrons. The third kappa shape index (κ3) is 4.63. The first-order chi connectivity index (χ1) is 9.69. The molecule has 0 fully saturated rings. The lowest BCUT2D eigenvalue weighted by molar-refractivity contribution is 0.199. The van der Waals surface area contributed by atoms with Gasteiger partial charge in [-0.25, -0.2) is 0 Å². The predicted molar refractivity (Wildman–Crippen MR) is 85.1 cm³/mol. The third-order valence-electron chi connectivity index (χ3n) is 2.73. The minimum absolute atomic E-state index is 0.721. The van der Waals surface area contributed by atoms with Crippen molar-refractivity contribution in [1.29, 1.82) is 0 Å². The Morgan fingerprint density at radius 3 is 3.00 bits per heavy atom. The number of hydrogen-bond donors (Lipinski definition) is 1. The fourth-order valence-electron chi connectivity index (χ4n) is 1.76. The maximum absolute atomic E-state index is 5.04. The summed E-state index contributed by atoms with van der Waals surface area (Å²) in [6, 6.07) is 6.35. The molecule has 2 aromatic rings. The summed E-state index contributed by atoms with van der Waals surface area (Å²) in [5, 5.41) is 7.58. The van der Waals surface area contributed by atoms with Gasteiger partial charge in [0.1, 0.15) is 0 Å². The molecule has 0 saturated carbocycles. The van der Waals surface area contributed by atoms with Crippen molar-refractivity contribution in [3.8, 4) is 0 Å². The molecule has 20 heavy (non-hydrogen) atoms. The Kier molecular flexibility index (Phi) is 6.09. The average Bonchev–Trinajstić information content (AvgIpc) is 2.83. The summed E-state index contributed by atoms with van der Waals surface area (Å²) in [7, 11) is 3.64. The van der Waals surface area contributed by atoms with E-state index in [9.17, 15) is 0 Å². The van der Waals surface area contributed by atoms with Gasteiger partial charge in [0.05, 0.1) is 17.7 Å². The number of aryl methyl sites for hydroxylation is 1. The molecule has 0 radical (unpaired) electrons. The van der Waals surface area contributed by atoms with Crippen molar-refractivity contribution >= 4 is 27.7 Å². The van der Waals surface area contributed by atoms with Crippen molar-refractivity contribution in [2.45, 2.75) is 16.3 Å².